The van der Waals surface area contributed by atoms with E-state index in [4.69, 9.17) is 0 Å². The number of hydrogen-bond acceptors (Lipinski definition) is 6. The molecule has 2 heterocycles. The van der Waals surface area contributed by atoms with E-state index in [0.717, 1.165) is 17.0 Å². The molecule has 2 aromatic rings. The first kappa shape index (κ1) is 9.29. The van der Waals surface area contributed by atoms with Crippen molar-refractivity contribution in [2.75, 3.05) is 5.32 Å². The van der Waals surface area contributed by atoms with E-state index < -0.39 is 0 Å². The average Bonchev–Trinajstić information content (AvgIpc) is 2.64. The second kappa shape index (κ2) is 3.85. The molecule has 1 N–H and O–H groups in total. The van der Waals surface area contributed by atoms with Crippen LogP contribution >= 0.6 is 22.7 Å². The molecule has 4 nitrogen and oxygen atoms in total. The molecule has 0 aliphatic carbocycles. The molecule has 2 aromatic heterocycles. The van der Waals surface area contributed by atoms with Crippen LogP contribution in [0.4, 0.5) is 10.9 Å². The summed E-state index contributed by atoms with van der Waals surface area (Å²) in [7, 11) is 0. The Morgan fingerprint density at radius 3 is 3.00 bits per heavy atom. The third-order valence-corrected chi connectivity index (χ3v) is 3.03. The Kier molecular flexibility index (Phi) is 2.55. The van der Waals surface area contributed by atoms with E-state index in [2.05, 4.69) is 15.3 Å². The number of hydrogen-bond donors (Lipinski definition) is 1. The molecule has 14 heavy (non-hydrogen) atoms. The van der Waals surface area contributed by atoms with Crippen LogP contribution in [0.3, 0.4) is 0 Å². The van der Waals surface area contributed by atoms with Crippen LogP contribution in [0.1, 0.15) is 5.69 Å². The molecule has 0 bridgehead atoms. The van der Waals surface area contributed by atoms with Crippen LogP contribution in [0, 0.1) is 6.92 Å². The summed E-state index contributed by atoms with van der Waals surface area (Å²) in [5, 5.41) is 7.15. The van der Waals surface area contributed by atoms with Crippen LogP contribution in [0.25, 0.3) is 0 Å². The summed E-state index contributed by atoms with van der Waals surface area (Å²) >= 11 is 2.57. The van der Waals surface area contributed by atoms with Gasteiger partial charge in [0.15, 0.2) is 10.9 Å². The molecule has 0 saturated carbocycles. The first-order valence-electron chi connectivity index (χ1n) is 3.88. The molecule has 6 heteroatoms. The van der Waals surface area contributed by atoms with Gasteiger partial charge >= 0.3 is 0 Å². The minimum absolute atomic E-state index is 0.0780. The number of aryl methyl sites for hydroxylation is 1. The fourth-order valence-electron chi connectivity index (χ4n) is 0.908. The minimum Gasteiger partial charge on any atom is -0.312 e. The zero-order valence-corrected chi connectivity index (χ0v) is 8.98. The molecule has 0 atom stereocenters. The Hall–Kier alpha value is -1.27. The maximum Gasteiger partial charge on any atom is 0.275 e. The Balaban J connectivity index is 2.33. The minimum atomic E-state index is -0.0780. The van der Waals surface area contributed by atoms with E-state index in [9.17, 15) is 4.79 Å². The van der Waals surface area contributed by atoms with E-state index in [1.807, 2.05) is 12.3 Å². The van der Waals surface area contributed by atoms with E-state index in [0.29, 0.717) is 10.9 Å². The fraction of sp³-hybridized carbons (Fsp3) is 0.125. The first-order valence-corrected chi connectivity index (χ1v) is 5.64. The highest BCUT2D eigenvalue weighted by Crippen LogP contribution is 2.14. The van der Waals surface area contributed by atoms with Gasteiger partial charge in [-0.3, -0.25) is 4.79 Å². The van der Waals surface area contributed by atoms with Crippen molar-refractivity contribution < 1.29 is 0 Å². The molecular weight excluding hydrogens is 218 g/mol. The van der Waals surface area contributed by atoms with Gasteiger partial charge in [-0.15, -0.1) is 11.3 Å². The quantitative estimate of drug-likeness (QED) is 0.849. The molecule has 72 valence electrons. The van der Waals surface area contributed by atoms with Crippen molar-refractivity contribution >= 4 is 33.6 Å². The summed E-state index contributed by atoms with van der Waals surface area (Å²) in [5.74, 6) is 0.352. The molecule has 0 radical (unpaired) electrons. The normalized spacial score (nSPS) is 10.1. The molecule has 0 fully saturated rings. The van der Waals surface area contributed by atoms with Gasteiger partial charge in [0.25, 0.3) is 4.74 Å². The lowest BCUT2D eigenvalue weighted by atomic mass is 10.6. The van der Waals surface area contributed by atoms with Gasteiger partial charge in [0.1, 0.15) is 0 Å². The average molecular weight is 225 g/mol. The van der Waals surface area contributed by atoms with Gasteiger partial charge in [-0.1, -0.05) is 11.3 Å². The summed E-state index contributed by atoms with van der Waals surface area (Å²) in [6, 6.07) is 0. The molecule has 0 saturated heterocycles. The summed E-state index contributed by atoms with van der Waals surface area (Å²) in [5.41, 5.74) is 0.827. The van der Waals surface area contributed by atoms with Gasteiger partial charge in [0.2, 0.25) is 0 Å². The highest BCUT2D eigenvalue weighted by molar-refractivity contribution is 7.13. The molecule has 0 amide bonds. The van der Waals surface area contributed by atoms with E-state index in [-0.39, 0.29) is 4.74 Å². The Morgan fingerprint density at radius 2 is 2.29 bits per heavy atom. The van der Waals surface area contributed by atoms with Crippen molar-refractivity contribution in [2.45, 2.75) is 6.92 Å². The molecule has 0 unspecified atom stereocenters. The monoisotopic (exact) mass is 225 g/mol. The largest absolute Gasteiger partial charge is 0.312 e. The topological polar surface area (TPSA) is 54.9 Å². The molecular formula is C8H7N3OS2. The van der Waals surface area contributed by atoms with Gasteiger partial charge in [0.05, 0.1) is 0 Å². The van der Waals surface area contributed by atoms with Crippen LogP contribution in [0.5, 0.6) is 0 Å². The number of nitrogens with zero attached hydrogens (tertiary/aromatic N) is 2. The molecule has 2 rings (SSSR count). The van der Waals surface area contributed by atoms with Crippen molar-refractivity contribution in [2.24, 2.45) is 0 Å². The number of rotatable bonds is 2. The van der Waals surface area contributed by atoms with Gasteiger partial charge < -0.3 is 5.32 Å². The Labute approximate surface area is 88.3 Å². The second-order valence-electron chi connectivity index (χ2n) is 2.59. The zero-order valence-electron chi connectivity index (χ0n) is 7.35. The third-order valence-electron chi connectivity index (χ3n) is 1.48. The van der Waals surface area contributed by atoms with Crippen LogP contribution in [-0.4, -0.2) is 9.97 Å². The lowest BCUT2D eigenvalue weighted by Gasteiger charge is -1.99. The molecule has 0 spiro atoms. The number of aromatic nitrogens is 2. The van der Waals surface area contributed by atoms with Gasteiger partial charge in [-0.2, -0.15) is 0 Å². The van der Waals surface area contributed by atoms with E-state index in [1.165, 1.54) is 11.3 Å². The maximum absolute atomic E-state index is 11.4. The van der Waals surface area contributed by atoms with Crippen LogP contribution in [0.15, 0.2) is 21.8 Å². The summed E-state index contributed by atoms with van der Waals surface area (Å²) in [6.07, 6.45) is 1.68. The number of thiazole rings is 1. The summed E-state index contributed by atoms with van der Waals surface area (Å²) < 4.78 is -0.0780. The maximum atomic E-state index is 11.4. The highest BCUT2D eigenvalue weighted by Gasteiger charge is 2.03. The third kappa shape index (κ3) is 1.97. The lowest BCUT2D eigenvalue weighted by Crippen LogP contribution is -2.06. The summed E-state index contributed by atoms with van der Waals surface area (Å²) in [6.45, 7) is 1.85. The molecule has 0 aromatic carbocycles. The smallest absolute Gasteiger partial charge is 0.275 e. The van der Waals surface area contributed by atoms with Crippen LogP contribution in [0.2, 0.25) is 0 Å². The number of nitrogens with one attached hydrogen (secondary N) is 1. The Morgan fingerprint density at radius 1 is 1.43 bits per heavy atom. The van der Waals surface area contributed by atoms with Crippen molar-refractivity contribution in [1.29, 1.82) is 0 Å². The number of anilines is 2. The highest BCUT2D eigenvalue weighted by atomic mass is 32.1. The molecule has 0 aliphatic heterocycles. The fourth-order valence-corrected chi connectivity index (χ4v) is 1.97. The lowest BCUT2D eigenvalue weighted by molar-refractivity contribution is 1.21. The standard InChI is InChI=1S/C8H7N3OS2/c1-5-4-14-7(12)6(10-5)11-8-9-2-3-13-8/h2-4H,1H3,(H,9,10,11). The van der Waals surface area contributed by atoms with Crippen molar-refractivity contribution in [1.82, 2.24) is 9.97 Å². The predicted octanol–water partition coefficient (Wildman–Crippen LogP) is 2.01. The van der Waals surface area contributed by atoms with Crippen LogP contribution < -0.4 is 10.1 Å². The molecule has 0 aliphatic rings. The zero-order chi connectivity index (χ0) is 9.97. The summed E-state index contributed by atoms with van der Waals surface area (Å²) in [4.78, 5) is 19.5. The van der Waals surface area contributed by atoms with Gasteiger partial charge in [-0.05, 0) is 6.92 Å². The van der Waals surface area contributed by atoms with Gasteiger partial charge in [-0.25, -0.2) is 9.97 Å². The van der Waals surface area contributed by atoms with E-state index >= 15 is 0 Å². The predicted molar refractivity (Wildman–Crippen MR) is 58.5 cm³/mol. The SMILES string of the molecule is Cc1csc(=O)c(Nc2nccs2)n1. The second-order valence-corrected chi connectivity index (χ2v) is 4.32. The van der Waals surface area contributed by atoms with E-state index in [1.54, 1.807) is 11.6 Å². The van der Waals surface area contributed by atoms with Crippen molar-refractivity contribution in [3.05, 3.63) is 32.2 Å². The van der Waals surface area contributed by atoms with Crippen molar-refractivity contribution in [3.8, 4) is 0 Å². The van der Waals surface area contributed by atoms with Crippen molar-refractivity contribution in [3.63, 3.8) is 0 Å². The Bertz CT molecular complexity index is 478. The van der Waals surface area contributed by atoms with Crippen LogP contribution in [-0.2, 0) is 0 Å². The van der Waals surface area contributed by atoms with Gasteiger partial charge in [0, 0.05) is 22.7 Å². The first-order chi connectivity index (χ1) is 6.75.